The topological polar surface area (TPSA) is 67.4 Å². The minimum absolute atomic E-state index is 0.191. The summed E-state index contributed by atoms with van der Waals surface area (Å²) < 4.78 is 5.63. The number of nitrogens with one attached hydrogen (secondary N) is 2. The molecule has 3 aromatic rings. The molecule has 0 unspecified atom stereocenters. The second-order valence-electron chi connectivity index (χ2n) is 6.31. The molecule has 29 heavy (non-hydrogen) atoms. The Kier molecular flexibility index (Phi) is 7.19. The molecule has 2 amide bonds. The maximum Gasteiger partial charge on any atom is 0.267 e. The molecule has 0 spiro atoms. The van der Waals surface area contributed by atoms with Gasteiger partial charge in [0.05, 0.1) is 6.54 Å². The molecule has 3 rings (SSSR count). The number of carbonyl (C=O) groups excluding carboxylic acids is 2. The van der Waals surface area contributed by atoms with Gasteiger partial charge in [-0.3, -0.25) is 9.59 Å². The molecule has 0 aliphatic carbocycles. The molecule has 0 aliphatic heterocycles. The number of ether oxygens (including phenoxy) is 1. The Morgan fingerprint density at radius 1 is 1.00 bits per heavy atom. The van der Waals surface area contributed by atoms with Crippen molar-refractivity contribution in [1.82, 2.24) is 10.6 Å². The van der Waals surface area contributed by atoms with Gasteiger partial charge in [0.25, 0.3) is 11.8 Å². The van der Waals surface area contributed by atoms with E-state index in [0.29, 0.717) is 18.7 Å². The summed E-state index contributed by atoms with van der Waals surface area (Å²) in [4.78, 5) is 26.0. The van der Waals surface area contributed by atoms with Crippen LogP contribution < -0.4 is 15.4 Å². The van der Waals surface area contributed by atoms with Crippen LogP contribution in [0.3, 0.4) is 0 Å². The molecule has 0 radical (unpaired) electrons. The van der Waals surface area contributed by atoms with Crippen LogP contribution in [-0.4, -0.2) is 25.0 Å². The number of hydrogen-bond acceptors (Lipinski definition) is 4. The molecule has 0 saturated heterocycles. The van der Waals surface area contributed by atoms with Crippen LogP contribution in [0, 0.1) is 6.92 Å². The van der Waals surface area contributed by atoms with E-state index in [2.05, 4.69) is 10.6 Å². The van der Waals surface area contributed by atoms with Crippen LogP contribution in [0.25, 0.3) is 6.08 Å². The van der Waals surface area contributed by atoms with Gasteiger partial charge in [-0.15, -0.1) is 11.3 Å². The molecule has 2 aromatic carbocycles. The molecule has 0 saturated carbocycles. The number of carbonyl (C=O) groups is 2. The van der Waals surface area contributed by atoms with Crippen LogP contribution in [0.4, 0.5) is 0 Å². The zero-order valence-corrected chi connectivity index (χ0v) is 16.9. The second kappa shape index (κ2) is 10.2. The van der Waals surface area contributed by atoms with Gasteiger partial charge in [0.1, 0.15) is 18.1 Å². The quantitative estimate of drug-likeness (QED) is 0.439. The van der Waals surface area contributed by atoms with Crippen molar-refractivity contribution in [3.8, 4) is 5.75 Å². The van der Waals surface area contributed by atoms with E-state index in [1.54, 1.807) is 30.3 Å². The third-order valence-corrected chi connectivity index (χ3v) is 4.86. The largest absolute Gasteiger partial charge is 0.492 e. The summed E-state index contributed by atoms with van der Waals surface area (Å²) in [6, 6.07) is 20.3. The molecular formula is C23H22N2O3S. The summed E-state index contributed by atoms with van der Waals surface area (Å²) in [6.45, 7) is 2.65. The van der Waals surface area contributed by atoms with Gasteiger partial charge in [-0.2, -0.15) is 0 Å². The monoisotopic (exact) mass is 406 g/mol. The fourth-order valence-electron chi connectivity index (χ4n) is 2.52. The lowest BCUT2D eigenvalue weighted by Gasteiger charge is -2.12. The average Bonchev–Trinajstić information content (AvgIpc) is 3.25. The van der Waals surface area contributed by atoms with Gasteiger partial charge >= 0.3 is 0 Å². The number of amides is 2. The van der Waals surface area contributed by atoms with Crippen molar-refractivity contribution >= 4 is 29.2 Å². The zero-order chi connectivity index (χ0) is 20.5. The molecule has 2 N–H and O–H groups in total. The van der Waals surface area contributed by atoms with E-state index >= 15 is 0 Å². The molecule has 1 heterocycles. The Morgan fingerprint density at radius 2 is 1.76 bits per heavy atom. The van der Waals surface area contributed by atoms with Crippen molar-refractivity contribution in [2.24, 2.45) is 0 Å². The Hall–Kier alpha value is -3.38. The predicted molar refractivity (Wildman–Crippen MR) is 116 cm³/mol. The SMILES string of the molecule is Cc1ccc(OCCNC(=O)/C(=C/c2cccs2)NC(=O)c2ccccc2)cc1. The van der Waals surface area contributed by atoms with Crippen molar-refractivity contribution in [3.63, 3.8) is 0 Å². The fraction of sp³-hybridized carbons (Fsp3) is 0.130. The van der Waals surface area contributed by atoms with Gasteiger partial charge < -0.3 is 15.4 Å². The van der Waals surface area contributed by atoms with Crippen LogP contribution in [0.1, 0.15) is 20.8 Å². The normalized spacial score (nSPS) is 11.0. The molecule has 6 heteroatoms. The smallest absolute Gasteiger partial charge is 0.267 e. The zero-order valence-electron chi connectivity index (χ0n) is 16.1. The minimum Gasteiger partial charge on any atom is -0.492 e. The molecule has 5 nitrogen and oxygen atoms in total. The summed E-state index contributed by atoms with van der Waals surface area (Å²) in [6.07, 6.45) is 1.67. The van der Waals surface area contributed by atoms with Gasteiger partial charge in [-0.1, -0.05) is 42.0 Å². The highest BCUT2D eigenvalue weighted by atomic mass is 32.1. The number of benzene rings is 2. The van der Waals surface area contributed by atoms with Crippen molar-refractivity contribution < 1.29 is 14.3 Å². The molecule has 148 valence electrons. The number of rotatable bonds is 8. The Balaban J connectivity index is 1.60. The highest BCUT2D eigenvalue weighted by Crippen LogP contribution is 2.13. The van der Waals surface area contributed by atoms with Gasteiger partial charge in [-0.25, -0.2) is 0 Å². The third kappa shape index (κ3) is 6.33. The van der Waals surface area contributed by atoms with E-state index in [1.807, 2.05) is 54.8 Å². The first-order chi connectivity index (χ1) is 14.1. The second-order valence-corrected chi connectivity index (χ2v) is 7.29. The summed E-state index contributed by atoms with van der Waals surface area (Å²) in [5.74, 6) is 0.0474. The Labute approximate surface area is 174 Å². The van der Waals surface area contributed by atoms with Crippen LogP contribution >= 0.6 is 11.3 Å². The van der Waals surface area contributed by atoms with Crippen LogP contribution in [0.15, 0.2) is 77.8 Å². The summed E-state index contributed by atoms with van der Waals surface area (Å²) >= 11 is 1.49. The predicted octanol–water partition coefficient (Wildman–Crippen LogP) is 4.02. The van der Waals surface area contributed by atoms with E-state index in [9.17, 15) is 9.59 Å². The first kappa shape index (κ1) is 20.4. The minimum atomic E-state index is -0.366. The average molecular weight is 407 g/mol. The maximum absolute atomic E-state index is 12.6. The van der Waals surface area contributed by atoms with E-state index in [1.165, 1.54) is 11.3 Å². The van der Waals surface area contributed by atoms with E-state index < -0.39 is 0 Å². The lowest BCUT2D eigenvalue weighted by Crippen LogP contribution is -2.36. The highest BCUT2D eigenvalue weighted by molar-refractivity contribution is 7.10. The Morgan fingerprint density at radius 3 is 2.45 bits per heavy atom. The molecule has 0 aliphatic rings. The molecular weight excluding hydrogens is 384 g/mol. The molecule has 0 bridgehead atoms. The molecule has 1 aromatic heterocycles. The lowest BCUT2D eigenvalue weighted by molar-refractivity contribution is -0.117. The van der Waals surface area contributed by atoms with Crippen molar-refractivity contribution in [2.45, 2.75) is 6.92 Å². The first-order valence-corrected chi connectivity index (χ1v) is 10.1. The van der Waals surface area contributed by atoms with Gasteiger partial charge in [0.2, 0.25) is 0 Å². The summed E-state index contributed by atoms with van der Waals surface area (Å²) in [5.41, 5.74) is 1.83. The molecule has 0 fully saturated rings. The van der Waals surface area contributed by atoms with Crippen LogP contribution in [0.2, 0.25) is 0 Å². The standard InChI is InChI=1S/C23H22N2O3S/c1-17-9-11-19(12-10-17)28-14-13-24-23(27)21(16-20-8-5-15-29-20)25-22(26)18-6-3-2-4-7-18/h2-12,15-16H,13-14H2,1H3,(H,24,27)(H,25,26)/b21-16-. The van der Waals surface area contributed by atoms with Gasteiger partial charge in [-0.05, 0) is 48.7 Å². The molecule has 0 atom stereocenters. The third-order valence-electron chi connectivity index (χ3n) is 4.04. The van der Waals surface area contributed by atoms with Gasteiger partial charge in [0.15, 0.2) is 0 Å². The van der Waals surface area contributed by atoms with E-state index in [4.69, 9.17) is 4.74 Å². The van der Waals surface area contributed by atoms with Gasteiger partial charge in [0, 0.05) is 10.4 Å². The fourth-order valence-corrected chi connectivity index (χ4v) is 3.18. The number of hydrogen-bond donors (Lipinski definition) is 2. The lowest BCUT2D eigenvalue weighted by atomic mass is 10.2. The number of aryl methyl sites for hydroxylation is 1. The Bertz CT molecular complexity index is 965. The van der Waals surface area contributed by atoms with Crippen LogP contribution in [-0.2, 0) is 4.79 Å². The van der Waals surface area contributed by atoms with E-state index in [-0.39, 0.29) is 17.5 Å². The maximum atomic E-state index is 12.6. The number of thiophene rings is 1. The van der Waals surface area contributed by atoms with E-state index in [0.717, 1.165) is 16.2 Å². The highest BCUT2D eigenvalue weighted by Gasteiger charge is 2.14. The van der Waals surface area contributed by atoms with Crippen LogP contribution in [0.5, 0.6) is 5.75 Å². The first-order valence-electron chi connectivity index (χ1n) is 9.21. The van der Waals surface area contributed by atoms with Crippen molar-refractivity contribution in [1.29, 1.82) is 0 Å². The summed E-state index contributed by atoms with van der Waals surface area (Å²) in [7, 11) is 0. The van der Waals surface area contributed by atoms with Crippen molar-refractivity contribution in [2.75, 3.05) is 13.2 Å². The van der Waals surface area contributed by atoms with Crippen molar-refractivity contribution in [3.05, 3.63) is 93.8 Å². The summed E-state index contributed by atoms with van der Waals surface area (Å²) in [5, 5.41) is 7.42.